The second-order valence-electron chi connectivity index (χ2n) is 10.7. The Hall–Kier alpha value is -2.97. The SMILES string of the molecule is Cc1ncc(Cl)cc1N[C@@H](Cc1ccc(F)cc1)c1ccc(C(=O)N[C@@H](CC2CCCC2)C(=O)NC2CC2)s1. The van der Waals surface area contributed by atoms with Gasteiger partial charge in [0.2, 0.25) is 5.91 Å². The molecule has 206 valence electrons. The molecule has 2 aromatic heterocycles. The lowest BCUT2D eigenvalue weighted by atomic mass is 9.97. The molecular weight excluding hydrogens is 535 g/mol. The zero-order chi connectivity index (χ0) is 27.4. The zero-order valence-electron chi connectivity index (χ0n) is 22.0. The van der Waals surface area contributed by atoms with Crippen molar-refractivity contribution in [2.45, 2.75) is 76.4 Å². The van der Waals surface area contributed by atoms with Crippen molar-refractivity contribution in [2.75, 3.05) is 5.32 Å². The number of hydrogen-bond acceptors (Lipinski definition) is 5. The van der Waals surface area contributed by atoms with E-state index < -0.39 is 6.04 Å². The first-order chi connectivity index (χ1) is 18.8. The molecule has 0 aliphatic heterocycles. The molecule has 1 aromatic carbocycles. The van der Waals surface area contributed by atoms with Crippen molar-refractivity contribution < 1.29 is 14.0 Å². The van der Waals surface area contributed by atoms with Gasteiger partial charge in [0.1, 0.15) is 11.9 Å². The largest absolute Gasteiger partial charge is 0.376 e. The number of carbonyl (C=O) groups is 2. The van der Waals surface area contributed by atoms with E-state index in [1.54, 1.807) is 18.3 Å². The minimum absolute atomic E-state index is 0.0747. The summed E-state index contributed by atoms with van der Waals surface area (Å²) < 4.78 is 13.5. The number of pyridine rings is 1. The number of carbonyl (C=O) groups excluding carboxylic acids is 2. The van der Waals surface area contributed by atoms with Gasteiger partial charge in [-0.1, -0.05) is 49.4 Å². The number of thiophene rings is 1. The number of nitrogens with zero attached hydrogens (tertiary/aromatic N) is 1. The molecule has 6 nitrogen and oxygen atoms in total. The summed E-state index contributed by atoms with van der Waals surface area (Å²) in [5.41, 5.74) is 2.55. The fraction of sp³-hybridized carbons (Fsp3) is 0.433. The molecule has 2 fully saturated rings. The van der Waals surface area contributed by atoms with E-state index in [1.165, 1.54) is 36.3 Å². The van der Waals surface area contributed by atoms with Crippen molar-refractivity contribution in [2.24, 2.45) is 5.92 Å². The topological polar surface area (TPSA) is 83.1 Å². The molecule has 2 aliphatic carbocycles. The van der Waals surface area contributed by atoms with E-state index in [1.807, 2.05) is 25.1 Å². The number of anilines is 1. The predicted octanol–water partition coefficient (Wildman–Crippen LogP) is 6.60. The van der Waals surface area contributed by atoms with Gasteiger partial charge in [0.05, 0.1) is 27.3 Å². The minimum Gasteiger partial charge on any atom is -0.376 e. The van der Waals surface area contributed by atoms with Crippen molar-refractivity contribution in [1.82, 2.24) is 15.6 Å². The number of benzene rings is 1. The van der Waals surface area contributed by atoms with Gasteiger partial charge in [-0.05, 0) is 74.4 Å². The molecule has 0 radical (unpaired) electrons. The van der Waals surface area contributed by atoms with Crippen molar-refractivity contribution in [3.8, 4) is 0 Å². The molecule has 0 bridgehead atoms. The molecule has 39 heavy (non-hydrogen) atoms. The first-order valence-electron chi connectivity index (χ1n) is 13.7. The summed E-state index contributed by atoms with van der Waals surface area (Å²) in [6, 6.07) is 11.5. The highest BCUT2D eigenvalue weighted by atomic mass is 35.5. The van der Waals surface area contributed by atoms with Crippen LogP contribution in [0, 0.1) is 18.7 Å². The van der Waals surface area contributed by atoms with Crippen LogP contribution in [0.15, 0.2) is 48.7 Å². The standard InChI is InChI=1S/C30H34ClFN4O2S/c1-18-24(16-21(31)17-33-18)35-25(14-20-6-8-22(32)9-7-20)27-12-13-28(39-27)30(38)36-26(15-19-4-2-3-5-19)29(37)34-23-10-11-23/h6-9,12-13,16-17,19,23,25-26,35H,2-5,10-11,14-15H2,1H3,(H,34,37)(H,36,38)/t25-,26-/m0/s1. The van der Waals surface area contributed by atoms with Crippen molar-refractivity contribution >= 4 is 40.4 Å². The van der Waals surface area contributed by atoms with Gasteiger partial charge in [0, 0.05) is 17.1 Å². The van der Waals surface area contributed by atoms with E-state index in [-0.39, 0.29) is 29.7 Å². The van der Waals surface area contributed by atoms with Gasteiger partial charge < -0.3 is 16.0 Å². The second kappa shape index (κ2) is 12.5. The number of rotatable bonds is 11. The maximum atomic E-state index is 13.5. The van der Waals surface area contributed by atoms with Crippen LogP contribution in [0.25, 0.3) is 0 Å². The first-order valence-corrected chi connectivity index (χ1v) is 14.9. The average molecular weight is 569 g/mol. The molecule has 0 saturated heterocycles. The Balaban J connectivity index is 1.34. The summed E-state index contributed by atoms with van der Waals surface area (Å²) in [6.07, 6.45) is 9.47. The maximum Gasteiger partial charge on any atom is 0.262 e. The van der Waals surface area contributed by atoms with E-state index in [2.05, 4.69) is 20.9 Å². The van der Waals surface area contributed by atoms with Gasteiger partial charge in [0.15, 0.2) is 0 Å². The van der Waals surface area contributed by atoms with Gasteiger partial charge in [-0.3, -0.25) is 14.6 Å². The Bertz CT molecular complexity index is 1300. The lowest BCUT2D eigenvalue weighted by molar-refractivity contribution is -0.123. The quantitative estimate of drug-likeness (QED) is 0.243. The Labute approximate surface area is 237 Å². The van der Waals surface area contributed by atoms with Crippen LogP contribution in [0.2, 0.25) is 5.02 Å². The number of nitrogens with one attached hydrogen (secondary N) is 3. The fourth-order valence-electron chi connectivity index (χ4n) is 5.15. The Morgan fingerprint density at radius 1 is 1.10 bits per heavy atom. The molecular formula is C30H34ClFN4O2S. The average Bonchev–Trinajstić information content (AvgIpc) is 3.36. The number of aromatic nitrogens is 1. The molecule has 0 spiro atoms. The number of amides is 2. The van der Waals surface area contributed by atoms with Crippen LogP contribution in [0.4, 0.5) is 10.1 Å². The van der Waals surface area contributed by atoms with E-state index >= 15 is 0 Å². The summed E-state index contributed by atoms with van der Waals surface area (Å²) in [5.74, 6) is -0.125. The number of aryl methyl sites for hydroxylation is 1. The Morgan fingerprint density at radius 2 is 1.85 bits per heavy atom. The van der Waals surface area contributed by atoms with E-state index in [0.29, 0.717) is 28.7 Å². The van der Waals surface area contributed by atoms with E-state index in [0.717, 1.165) is 47.5 Å². The molecule has 2 heterocycles. The molecule has 3 aromatic rings. The van der Waals surface area contributed by atoms with Crippen LogP contribution in [-0.4, -0.2) is 28.9 Å². The van der Waals surface area contributed by atoms with Crippen molar-refractivity contribution in [3.05, 3.63) is 80.5 Å². The lowest BCUT2D eigenvalue weighted by Gasteiger charge is -2.21. The number of hydrogen-bond donors (Lipinski definition) is 3. The van der Waals surface area contributed by atoms with Crippen molar-refractivity contribution in [3.63, 3.8) is 0 Å². The molecule has 3 N–H and O–H groups in total. The van der Waals surface area contributed by atoms with Crippen LogP contribution in [0.3, 0.4) is 0 Å². The highest BCUT2D eigenvalue weighted by Gasteiger charge is 2.31. The minimum atomic E-state index is -0.528. The van der Waals surface area contributed by atoms with E-state index in [9.17, 15) is 14.0 Å². The molecule has 0 unspecified atom stereocenters. The number of halogens is 2. The van der Waals surface area contributed by atoms with Crippen LogP contribution < -0.4 is 16.0 Å². The Morgan fingerprint density at radius 3 is 2.56 bits per heavy atom. The lowest BCUT2D eigenvalue weighted by Crippen LogP contribution is -2.48. The predicted molar refractivity (Wildman–Crippen MR) is 154 cm³/mol. The third-order valence-corrected chi connectivity index (χ3v) is 8.92. The summed E-state index contributed by atoms with van der Waals surface area (Å²) in [7, 11) is 0. The van der Waals surface area contributed by atoms with Crippen molar-refractivity contribution in [1.29, 1.82) is 0 Å². The maximum absolute atomic E-state index is 13.5. The van der Waals surface area contributed by atoms with Crippen LogP contribution in [-0.2, 0) is 11.2 Å². The molecule has 2 amide bonds. The summed E-state index contributed by atoms with van der Waals surface area (Å²) in [5, 5.41) is 10.2. The first kappa shape index (κ1) is 27.6. The zero-order valence-corrected chi connectivity index (χ0v) is 23.6. The summed E-state index contributed by atoms with van der Waals surface area (Å²) in [6.45, 7) is 1.90. The molecule has 5 rings (SSSR count). The summed E-state index contributed by atoms with van der Waals surface area (Å²) in [4.78, 5) is 32.2. The van der Waals surface area contributed by atoms with Gasteiger partial charge in [-0.15, -0.1) is 11.3 Å². The normalized spacial score (nSPS) is 17.0. The van der Waals surface area contributed by atoms with Crippen LogP contribution >= 0.6 is 22.9 Å². The van der Waals surface area contributed by atoms with Crippen LogP contribution in [0.5, 0.6) is 0 Å². The highest BCUT2D eigenvalue weighted by Crippen LogP contribution is 2.32. The van der Waals surface area contributed by atoms with E-state index in [4.69, 9.17) is 11.6 Å². The van der Waals surface area contributed by atoms with Gasteiger partial charge in [0.25, 0.3) is 5.91 Å². The molecule has 2 aliphatic rings. The van der Waals surface area contributed by atoms with Gasteiger partial charge in [-0.2, -0.15) is 0 Å². The highest BCUT2D eigenvalue weighted by molar-refractivity contribution is 7.14. The third kappa shape index (κ3) is 7.57. The second-order valence-corrected chi connectivity index (χ2v) is 12.3. The van der Waals surface area contributed by atoms with Crippen LogP contribution in [0.1, 0.15) is 76.8 Å². The van der Waals surface area contributed by atoms with Gasteiger partial charge in [-0.25, -0.2) is 4.39 Å². The Kier molecular flexibility index (Phi) is 8.82. The monoisotopic (exact) mass is 568 g/mol. The third-order valence-electron chi connectivity index (χ3n) is 7.52. The summed E-state index contributed by atoms with van der Waals surface area (Å²) >= 11 is 7.60. The molecule has 2 atom stereocenters. The molecule has 9 heteroatoms. The smallest absolute Gasteiger partial charge is 0.262 e. The molecule has 2 saturated carbocycles. The van der Waals surface area contributed by atoms with Gasteiger partial charge >= 0.3 is 0 Å². The fourth-order valence-corrected chi connectivity index (χ4v) is 6.27.